The lowest BCUT2D eigenvalue weighted by Crippen LogP contribution is -2.11. The minimum atomic E-state index is 0.530. The molecule has 3 nitrogen and oxygen atoms in total. The van der Waals surface area contributed by atoms with E-state index in [0.29, 0.717) is 5.92 Å². The normalized spacial score (nSPS) is 19.6. The summed E-state index contributed by atoms with van der Waals surface area (Å²) in [7, 11) is 0. The smallest absolute Gasteiger partial charge is 0.128 e. The van der Waals surface area contributed by atoms with Gasteiger partial charge in [-0.1, -0.05) is 6.07 Å². The number of hydrogen-bond acceptors (Lipinski definition) is 3. The van der Waals surface area contributed by atoms with E-state index in [2.05, 4.69) is 4.98 Å². The quantitative estimate of drug-likeness (QED) is 0.810. The van der Waals surface area contributed by atoms with E-state index in [-0.39, 0.29) is 0 Å². The van der Waals surface area contributed by atoms with Gasteiger partial charge in [-0.15, -0.1) is 0 Å². The molecule has 0 spiro atoms. The van der Waals surface area contributed by atoms with Crippen LogP contribution >= 0.6 is 0 Å². The highest BCUT2D eigenvalue weighted by molar-refractivity contribution is 5.84. The van der Waals surface area contributed by atoms with Gasteiger partial charge in [-0.2, -0.15) is 0 Å². The van der Waals surface area contributed by atoms with Crippen LogP contribution in [0.5, 0.6) is 5.75 Å². The molecule has 0 aliphatic carbocycles. The van der Waals surface area contributed by atoms with Crippen molar-refractivity contribution in [3.8, 4) is 5.75 Å². The largest absolute Gasteiger partial charge is 0.493 e. The van der Waals surface area contributed by atoms with E-state index in [1.165, 1.54) is 0 Å². The summed E-state index contributed by atoms with van der Waals surface area (Å²) in [6.07, 6.45) is 2.90. The first-order valence-corrected chi connectivity index (χ1v) is 5.98. The Morgan fingerprint density at radius 1 is 1.29 bits per heavy atom. The first-order valence-electron chi connectivity index (χ1n) is 5.98. The molecule has 1 aromatic heterocycles. The van der Waals surface area contributed by atoms with Crippen LogP contribution in [0.1, 0.15) is 6.42 Å². The molecule has 17 heavy (non-hydrogen) atoms. The molecule has 3 rings (SSSR count). The van der Waals surface area contributed by atoms with Gasteiger partial charge in [0.1, 0.15) is 5.75 Å². The van der Waals surface area contributed by atoms with Crippen molar-refractivity contribution in [1.82, 2.24) is 4.98 Å². The zero-order chi connectivity index (χ0) is 11.5. The molecular weight excluding hydrogens is 214 g/mol. The van der Waals surface area contributed by atoms with Crippen molar-refractivity contribution in [2.75, 3.05) is 19.8 Å². The van der Waals surface area contributed by atoms with Crippen LogP contribution in [0, 0.1) is 5.92 Å². The third-order valence-corrected chi connectivity index (χ3v) is 3.10. The van der Waals surface area contributed by atoms with E-state index >= 15 is 0 Å². The van der Waals surface area contributed by atoms with Gasteiger partial charge in [0.15, 0.2) is 0 Å². The second-order valence-corrected chi connectivity index (χ2v) is 4.37. The van der Waals surface area contributed by atoms with Gasteiger partial charge in [0.05, 0.1) is 18.7 Å². The molecule has 1 aliphatic rings. The number of ether oxygens (including phenoxy) is 2. The predicted octanol–water partition coefficient (Wildman–Crippen LogP) is 2.65. The zero-order valence-corrected chi connectivity index (χ0v) is 9.63. The summed E-state index contributed by atoms with van der Waals surface area (Å²) < 4.78 is 11.2. The van der Waals surface area contributed by atoms with Gasteiger partial charge in [-0.3, -0.25) is 4.98 Å². The summed E-state index contributed by atoms with van der Waals surface area (Å²) in [5, 5.41) is 1.08. The Hall–Kier alpha value is -1.61. The van der Waals surface area contributed by atoms with Crippen LogP contribution < -0.4 is 4.74 Å². The molecule has 3 heteroatoms. The van der Waals surface area contributed by atoms with E-state index < -0.39 is 0 Å². The number of benzene rings is 1. The van der Waals surface area contributed by atoms with Crippen LogP contribution in [-0.2, 0) is 4.74 Å². The molecule has 88 valence electrons. The topological polar surface area (TPSA) is 31.4 Å². The van der Waals surface area contributed by atoms with Crippen molar-refractivity contribution >= 4 is 10.9 Å². The second-order valence-electron chi connectivity index (χ2n) is 4.37. The van der Waals surface area contributed by atoms with Crippen LogP contribution in [0.4, 0.5) is 0 Å². The molecule has 0 N–H and O–H groups in total. The number of rotatable bonds is 3. The number of fused-ring (bicyclic) bond motifs is 1. The lowest BCUT2D eigenvalue weighted by atomic mass is 10.1. The van der Waals surface area contributed by atoms with E-state index in [9.17, 15) is 0 Å². The third kappa shape index (κ3) is 2.24. The lowest BCUT2D eigenvalue weighted by molar-refractivity contribution is 0.167. The SMILES string of the molecule is c1cc(OCC2CCOC2)c2cccnc2c1. The fraction of sp³-hybridized carbons (Fsp3) is 0.357. The maximum Gasteiger partial charge on any atom is 0.128 e. The molecule has 1 aromatic carbocycles. The number of nitrogens with zero attached hydrogens (tertiary/aromatic N) is 1. The fourth-order valence-electron chi connectivity index (χ4n) is 2.12. The standard InChI is InChI=1S/C14H15NO2/c1-4-13-12(3-2-7-15-13)14(5-1)17-10-11-6-8-16-9-11/h1-5,7,11H,6,8-10H2. The Morgan fingerprint density at radius 2 is 2.29 bits per heavy atom. The van der Waals surface area contributed by atoms with Crippen LogP contribution in [0.3, 0.4) is 0 Å². The Kier molecular flexibility index (Phi) is 2.92. The van der Waals surface area contributed by atoms with Gasteiger partial charge in [0, 0.05) is 24.1 Å². The van der Waals surface area contributed by atoms with E-state index in [0.717, 1.165) is 42.9 Å². The van der Waals surface area contributed by atoms with E-state index in [1.54, 1.807) is 6.20 Å². The molecule has 1 unspecified atom stereocenters. The van der Waals surface area contributed by atoms with Crippen molar-refractivity contribution in [1.29, 1.82) is 0 Å². The highest BCUT2D eigenvalue weighted by atomic mass is 16.5. The number of hydrogen-bond donors (Lipinski definition) is 0. The second kappa shape index (κ2) is 4.72. The Labute approximate surface area is 100 Å². The Morgan fingerprint density at radius 3 is 3.18 bits per heavy atom. The Bertz CT molecular complexity index is 501. The maximum absolute atomic E-state index is 5.88. The van der Waals surface area contributed by atoms with Crippen LogP contribution in [0.15, 0.2) is 36.5 Å². The van der Waals surface area contributed by atoms with Gasteiger partial charge < -0.3 is 9.47 Å². The molecule has 2 aromatic rings. The Balaban J connectivity index is 1.79. The summed E-state index contributed by atoms with van der Waals surface area (Å²) in [5.41, 5.74) is 0.979. The molecule has 1 atom stereocenters. The van der Waals surface area contributed by atoms with Gasteiger partial charge >= 0.3 is 0 Å². The average Bonchev–Trinajstić information content (AvgIpc) is 2.89. The highest BCUT2D eigenvalue weighted by Crippen LogP contribution is 2.25. The van der Waals surface area contributed by atoms with Crippen molar-refractivity contribution in [3.05, 3.63) is 36.5 Å². The third-order valence-electron chi connectivity index (χ3n) is 3.10. The van der Waals surface area contributed by atoms with Crippen molar-refractivity contribution in [2.24, 2.45) is 5.92 Å². The van der Waals surface area contributed by atoms with Crippen LogP contribution in [-0.4, -0.2) is 24.8 Å². The van der Waals surface area contributed by atoms with Gasteiger partial charge in [-0.05, 0) is 30.7 Å². The van der Waals surface area contributed by atoms with E-state index in [4.69, 9.17) is 9.47 Å². The molecule has 2 heterocycles. The number of pyridine rings is 1. The summed E-state index contributed by atoms with van der Waals surface area (Å²) in [6, 6.07) is 9.97. The van der Waals surface area contributed by atoms with Crippen molar-refractivity contribution in [2.45, 2.75) is 6.42 Å². The summed E-state index contributed by atoms with van der Waals surface area (Å²) in [6.45, 7) is 2.42. The number of aromatic nitrogens is 1. The van der Waals surface area contributed by atoms with Crippen LogP contribution in [0.2, 0.25) is 0 Å². The molecule has 1 fully saturated rings. The molecule has 0 radical (unpaired) electrons. The summed E-state index contributed by atoms with van der Waals surface area (Å²) in [5.74, 6) is 1.45. The monoisotopic (exact) mass is 229 g/mol. The molecule has 0 bridgehead atoms. The minimum absolute atomic E-state index is 0.530. The first kappa shape index (κ1) is 10.5. The maximum atomic E-state index is 5.88. The van der Waals surface area contributed by atoms with Gasteiger partial charge in [0.2, 0.25) is 0 Å². The van der Waals surface area contributed by atoms with Crippen molar-refractivity contribution < 1.29 is 9.47 Å². The first-order chi connectivity index (χ1) is 8.43. The lowest BCUT2D eigenvalue weighted by Gasteiger charge is -2.11. The molecule has 1 aliphatic heterocycles. The fourth-order valence-corrected chi connectivity index (χ4v) is 2.12. The molecule has 1 saturated heterocycles. The molecule has 0 saturated carbocycles. The van der Waals surface area contributed by atoms with Crippen molar-refractivity contribution in [3.63, 3.8) is 0 Å². The molecule has 0 amide bonds. The summed E-state index contributed by atoms with van der Waals surface area (Å²) >= 11 is 0. The average molecular weight is 229 g/mol. The van der Waals surface area contributed by atoms with Crippen LogP contribution in [0.25, 0.3) is 10.9 Å². The minimum Gasteiger partial charge on any atom is -0.493 e. The summed E-state index contributed by atoms with van der Waals surface area (Å²) in [4.78, 5) is 4.32. The van der Waals surface area contributed by atoms with Gasteiger partial charge in [0.25, 0.3) is 0 Å². The van der Waals surface area contributed by atoms with Gasteiger partial charge in [-0.25, -0.2) is 0 Å². The predicted molar refractivity (Wildman–Crippen MR) is 66.2 cm³/mol. The molecular formula is C14H15NO2. The zero-order valence-electron chi connectivity index (χ0n) is 9.63. The van der Waals surface area contributed by atoms with E-state index in [1.807, 2.05) is 30.3 Å². The highest BCUT2D eigenvalue weighted by Gasteiger charge is 2.16.